The summed E-state index contributed by atoms with van der Waals surface area (Å²) in [5.74, 6) is -5.04. The van der Waals surface area contributed by atoms with Crippen LogP contribution in [0.2, 0.25) is 0 Å². The second-order valence-electron chi connectivity index (χ2n) is 11.4. The van der Waals surface area contributed by atoms with Crippen LogP contribution in [-0.2, 0) is 72.8 Å². The molecule has 1 radical (unpaired) electrons. The van der Waals surface area contributed by atoms with Crippen molar-refractivity contribution in [2.24, 2.45) is 37.0 Å². The van der Waals surface area contributed by atoms with E-state index in [-0.39, 0.29) is 55.8 Å². The standard InChI is InChI=1S/2C15H26N6O4.Mn/c2*1-21-9-18-8-10(21)6-12(19-13(22)7-17)14(23)20-11(15(24)25)4-2-3-5-16;/h2*8-9,11-12H,2-7,16-17H2,1H3,(H,19,22)(H,20,23)(H,24,25);/q;;+2/p-2/t2*11-,12-;/m00./s1. The number of hydrogen-bond donors (Lipinski definition) is 8. The van der Waals surface area contributed by atoms with Gasteiger partial charge in [-0.15, -0.1) is 0 Å². The molecule has 20 nitrogen and oxygen atoms in total. The molecule has 0 saturated carbocycles. The minimum Gasteiger partial charge on any atom is -0.548 e. The van der Waals surface area contributed by atoms with E-state index in [0.29, 0.717) is 50.2 Å². The summed E-state index contributed by atoms with van der Waals surface area (Å²) in [7, 11) is 3.50. The zero-order valence-corrected chi connectivity index (χ0v) is 30.0. The monoisotopic (exact) mass is 761 g/mol. The van der Waals surface area contributed by atoms with E-state index < -0.39 is 59.7 Å². The van der Waals surface area contributed by atoms with Gasteiger partial charge in [-0.1, -0.05) is 0 Å². The molecule has 2 aromatic rings. The van der Waals surface area contributed by atoms with Crippen molar-refractivity contribution < 1.29 is 56.0 Å². The minimum atomic E-state index is -1.38. The average Bonchev–Trinajstić information content (AvgIpc) is 3.69. The fourth-order valence-electron chi connectivity index (χ4n) is 4.53. The van der Waals surface area contributed by atoms with Crippen molar-refractivity contribution in [1.29, 1.82) is 0 Å². The van der Waals surface area contributed by atoms with Gasteiger partial charge >= 0.3 is 17.1 Å². The number of aliphatic carboxylic acids is 2. The van der Waals surface area contributed by atoms with E-state index in [0.717, 1.165) is 0 Å². The number of carbonyl (C=O) groups is 6. The molecule has 0 saturated heterocycles. The Morgan fingerprint density at radius 2 is 0.980 bits per heavy atom. The van der Waals surface area contributed by atoms with Gasteiger partial charge in [0.05, 0.1) is 49.8 Å². The molecule has 12 N–H and O–H groups in total. The van der Waals surface area contributed by atoms with E-state index in [1.807, 2.05) is 0 Å². The predicted octanol–water partition coefficient (Wildman–Crippen LogP) is -6.46. The maximum absolute atomic E-state index is 12.5. The molecule has 0 aliphatic heterocycles. The molecule has 4 atom stereocenters. The Balaban J connectivity index is 0.000000962. The zero-order valence-electron chi connectivity index (χ0n) is 28.8. The van der Waals surface area contributed by atoms with Crippen LogP contribution in [0, 0.1) is 0 Å². The Kier molecular flexibility index (Phi) is 23.3. The first-order valence-electron chi connectivity index (χ1n) is 16.1. The summed E-state index contributed by atoms with van der Waals surface area (Å²) in [5, 5.41) is 32.3. The summed E-state index contributed by atoms with van der Waals surface area (Å²) in [6.45, 7) is 0.304. The number of carbonyl (C=O) groups excluding carboxylic acids is 6. The van der Waals surface area contributed by atoms with Crippen LogP contribution in [0.5, 0.6) is 0 Å². The summed E-state index contributed by atoms with van der Waals surface area (Å²) in [6, 6.07) is -4.24. The fraction of sp³-hybridized carbons (Fsp3) is 0.600. The molecule has 0 aliphatic rings. The van der Waals surface area contributed by atoms with Crippen molar-refractivity contribution >= 4 is 35.6 Å². The van der Waals surface area contributed by atoms with Gasteiger partial charge in [0, 0.05) is 50.7 Å². The number of nitrogens with zero attached hydrogens (tertiary/aromatic N) is 4. The fourth-order valence-corrected chi connectivity index (χ4v) is 4.53. The first-order chi connectivity index (χ1) is 23.8. The number of aromatic nitrogens is 4. The number of carboxylic acid groups (broad SMARTS) is 2. The van der Waals surface area contributed by atoms with Crippen LogP contribution in [0.4, 0.5) is 0 Å². The maximum atomic E-state index is 12.5. The Bertz CT molecular complexity index is 1290. The van der Waals surface area contributed by atoms with E-state index >= 15 is 0 Å². The van der Waals surface area contributed by atoms with Crippen LogP contribution in [0.15, 0.2) is 25.0 Å². The number of imidazole rings is 2. The Hall–Kier alpha value is -4.40. The maximum Gasteiger partial charge on any atom is 2.00 e. The SMILES string of the molecule is Cn1cncc1C[C@H](NC(=O)CN)C(=O)N[C@@H](CCCCN)C(=O)[O-].Cn1cncc1C[C@H](NC(=O)CN)C(=O)N[C@@H](CCCCN)C(=O)[O-].[Mn+2]. The Labute approximate surface area is 306 Å². The number of aryl methyl sites for hydroxylation is 2. The molecule has 285 valence electrons. The molecule has 0 bridgehead atoms. The number of carboxylic acids is 2. The molecule has 2 heterocycles. The normalized spacial score (nSPS) is 12.8. The minimum absolute atomic E-state index is 0. The van der Waals surface area contributed by atoms with Gasteiger partial charge in [-0.25, -0.2) is 9.97 Å². The second-order valence-corrected chi connectivity index (χ2v) is 11.4. The van der Waals surface area contributed by atoms with Crippen molar-refractivity contribution in [3.8, 4) is 0 Å². The second kappa shape index (κ2) is 25.5. The molecule has 4 amide bonds. The van der Waals surface area contributed by atoms with Crippen LogP contribution in [-0.4, -0.2) is 105 Å². The van der Waals surface area contributed by atoms with Crippen molar-refractivity contribution in [3.05, 3.63) is 36.4 Å². The third kappa shape index (κ3) is 17.9. The molecule has 21 heteroatoms. The van der Waals surface area contributed by atoms with Crippen LogP contribution in [0.25, 0.3) is 0 Å². The first-order valence-corrected chi connectivity index (χ1v) is 16.1. The number of amides is 4. The summed E-state index contributed by atoms with van der Waals surface area (Å²) in [4.78, 5) is 78.5. The van der Waals surface area contributed by atoms with E-state index in [4.69, 9.17) is 22.9 Å². The zero-order chi connectivity index (χ0) is 37.6. The van der Waals surface area contributed by atoms with Gasteiger partial charge in [-0.05, 0) is 51.6 Å². The molecule has 0 aromatic carbocycles. The van der Waals surface area contributed by atoms with Crippen LogP contribution >= 0.6 is 0 Å². The quantitative estimate of drug-likeness (QED) is 0.0409. The third-order valence-electron chi connectivity index (χ3n) is 7.43. The van der Waals surface area contributed by atoms with E-state index in [2.05, 4.69) is 31.2 Å². The van der Waals surface area contributed by atoms with Gasteiger partial charge in [0.15, 0.2) is 0 Å². The Morgan fingerprint density at radius 3 is 1.24 bits per heavy atom. The first kappa shape index (κ1) is 46.6. The van der Waals surface area contributed by atoms with Crippen molar-refractivity contribution in [3.63, 3.8) is 0 Å². The number of unbranched alkanes of at least 4 members (excludes halogenated alkanes) is 2. The van der Waals surface area contributed by atoms with Crippen LogP contribution in [0.3, 0.4) is 0 Å². The number of nitrogens with one attached hydrogen (secondary N) is 4. The molecule has 2 rings (SSSR count). The molecular formula is C30H50MnN12O8. The van der Waals surface area contributed by atoms with Crippen molar-refractivity contribution in [2.45, 2.75) is 75.5 Å². The number of hydrogen-bond acceptors (Lipinski definition) is 14. The van der Waals surface area contributed by atoms with E-state index in [9.17, 15) is 39.0 Å². The molecule has 2 aromatic heterocycles. The molecule has 0 spiro atoms. The summed E-state index contributed by atoms with van der Waals surface area (Å²) in [5.41, 5.74) is 22.7. The molecule has 0 aliphatic carbocycles. The summed E-state index contributed by atoms with van der Waals surface area (Å²) >= 11 is 0. The molecule has 51 heavy (non-hydrogen) atoms. The number of nitrogens with two attached hydrogens (primary N) is 4. The summed E-state index contributed by atoms with van der Waals surface area (Å²) in [6.07, 6.45) is 9.31. The van der Waals surface area contributed by atoms with Crippen molar-refractivity contribution in [1.82, 2.24) is 40.4 Å². The predicted molar refractivity (Wildman–Crippen MR) is 175 cm³/mol. The van der Waals surface area contributed by atoms with Crippen LogP contribution < -0.4 is 54.4 Å². The molecular weight excluding hydrogens is 711 g/mol. The van der Waals surface area contributed by atoms with Gasteiger partial charge in [-0.2, -0.15) is 0 Å². The summed E-state index contributed by atoms with van der Waals surface area (Å²) < 4.78 is 3.40. The molecule has 0 unspecified atom stereocenters. The third-order valence-corrected chi connectivity index (χ3v) is 7.43. The van der Waals surface area contributed by atoms with Gasteiger partial charge in [0.1, 0.15) is 12.1 Å². The van der Waals surface area contributed by atoms with Gasteiger partial charge in [-0.3, -0.25) is 19.2 Å². The topological polar surface area (TPSA) is 336 Å². The van der Waals surface area contributed by atoms with Gasteiger partial charge in [0.25, 0.3) is 0 Å². The van der Waals surface area contributed by atoms with Crippen LogP contribution in [0.1, 0.15) is 49.9 Å². The largest absolute Gasteiger partial charge is 2.00 e. The Morgan fingerprint density at radius 1 is 0.627 bits per heavy atom. The van der Waals surface area contributed by atoms with Gasteiger partial charge < -0.3 is 73.1 Å². The number of rotatable bonds is 22. The molecule has 0 fully saturated rings. The smallest absolute Gasteiger partial charge is 0.548 e. The van der Waals surface area contributed by atoms with Gasteiger partial charge in [0.2, 0.25) is 23.6 Å². The average molecular weight is 762 g/mol. The van der Waals surface area contributed by atoms with E-state index in [1.165, 1.54) is 0 Å². The van der Waals surface area contributed by atoms with E-state index in [1.54, 1.807) is 48.3 Å². The van der Waals surface area contributed by atoms with Crippen molar-refractivity contribution in [2.75, 3.05) is 26.2 Å².